The Morgan fingerprint density at radius 1 is 1.06 bits per heavy atom. The van der Waals surface area contributed by atoms with Crippen LogP contribution in [0.5, 0.6) is 0 Å². The number of aliphatic imine (C=N–C) groups is 1. The van der Waals surface area contributed by atoms with Crippen LogP contribution in [0.15, 0.2) is 23.2 Å². The number of hydrogen-bond acceptors (Lipinski definition) is 2. The Morgan fingerprint density at radius 2 is 1.59 bits per heavy atom. The standard InChI is InChI=1S/C15H23NO/c1-10(2)16-15(17-11(3)4)14-12(5)8-7-9-13(14)6/h7-11H,1-6H3/b16-15-. The van der Waals surface area contributed by atoms with Crippen LogP contribution in [0.1, 0.15) is 44.4 Å². The first-order valence-corrected chi connectivity index (χ1v) is 6.23. The lowest BCUT2D eigenvalue weighted by Gasteiger charge is -2.17. The molecule has 2 heteroatoms. The molecule has 0 saturated heterocycles. The molecule has 2 nitrogen and oxygen atoms in total. The zero-order valence-corrected chi connectivity index (χ0v) is 11.7. The summed E-state index contributed by atoms with van der Waals surface area (Å²) in [6, 6.07) is 6.50. The van der Waals surface area contributed by atoms with Crippen molar-refractivity contribution in [2.45, 2.75) is 53.7 Å². The van der Waals surface area contributed by atoms with Crippen molar-refractivity contribution in [1.82, 2.24) is 0 Å². The third-order valence-electron chi connectivity index (χ3n) is 2.42. The SMILES string of the molecule is Cc1cccc(C)c1/C(=N/C(C)C)OC(C)C. The summed E-state index contributed by atoms with van der Waals surface area (Å²) in [7, 11) is 0. The summed E-state index contributed by atoms with van der Waals surface area (Å²) in [6.07, 6.45) is 0.145. The van der Waals surface area contributed by atoms with Gasteiger partial charge < -0.3 is 4.74 Å². The fraction of sp³-hybridized carbons (Fsp3) is 0.533. The van der Waals surface area contributed by atoms with Crippen LogP contribution in [0.25, 0.3) is 0 Å². The molecule has 0 aromatic heterocycles. The highest BCUT2D eigenvalue weighted by atomic mass is 16.5. The summed E-state index contributed by atoms with van der Waals surface area (Å²) in [6.45, 7) is 12.4. The zero-order valence-electron chi connectivity index (χ0n) is 11.7. The van der Waals surface area contributed by atoms with E-state index >= 15 is 0 Å². The van der Waals surface area contributed by atoms with Gasteiger partial charge in [0, 0.05) is 11.6 Å². The summed E-state index contributed by atoms with van der Waals surface area (Å²) >= 11 is 0. The lowest BCUT2D eigenvalue weighted by atomic mass is 10.0. The van der Waals surface area contributed by atoms with Crippen LogP contribution in [0.2, 0.25) is 0 Å². The second-order valence-electron chi connectivity index (χ2n) is 4.96. The number of ether oxygens (including phenoxy) is 1. The number of hydrogen-bond donors (Lipinski definition) is 0. The smallest absolute Gasteiger partial charge is 0.217 e. The van der Waals surface area contributed by atoms with Gasteiger partial charge in [0.2, 0.25) is 5.90 Å². The Hall–Kier alpha value is -1.31. The van der Waals surface area contributed by atoms with Gasteiger partial charge in [-0.3, -0.25) is 0 Å². The summed E-state index contributed by atoms with van der Waals surface area (Å²) in [5.41, 5.74) is 3.56. The minimum atomic E-state index is 0.145. The highest BCUT2D eigenvalue weighted by Crippen LogP contribution is 2.17. The molecule has 0 spiro atoms. The lowest BCUT2D eigenvalue weighted by Crippen LogP contribution is -2.17. The molecule has 1 aromatic carbocycles. The first kappa shape index (κ1) is 13.8. The minimum absolute atomic E-state index is 0.145. The number of rotatable bonds is 3. The van der Waals surface area contributed by atoms with Gasteiger partial charge >= 0.3 is 0 Å². The van der Waals surface area contributed by atoms with Gasteiger partial charge in [0.1, 0.15) is 0 Å². The quantitative estimate of drug-likeness (QED) is 0.573. The van der Waals surface area contributed by atoms with Gasteiger partial charge in [-0.05, 0) is 52.7 Å². The van der Waals surface area contributed by atoms with E-state index in [9.17, 15) is 0 Å². The van der Waals surface area contributed by atoms with Crippen LogP contribution in [-0.4, -0.2) is 18.0 Å². The van der Waals surface area contributed by atoms with Crippen molar-refractivity contribution in [1.29, 1.82) is 0 Å². The Bertz CT molecular complexity index is 385. The number of aryl methyl sites for hydroxylation is 2. The van der Waals surface area contributed by atoms with Gasteiger partial charge in [-0.25, -0.2) is 4.99 Å². The predicted molar refractivity (Wildman–Crippen MR) is 73.8 cm³/mol. The van der Waals surface area contributed by atoms with Gasteiger partial charge in [0.25, 0.3) is 0 Å². The molecule has 0 radical (unpaired) electrons. The summed E-state index contributed by atoms with van der Waals surface area (Å²) < 4.78 is 5.86. The maximum atomic E-state index is 5.86. The molecule has 0 heterocycles. The first-order valence-electron chi connectivity index (χ1n) is 6.23. The van der Waals surface area contributed by atoms with Crippen molar-refractivity contribution in [2.24, 2.45) is 4.99 Å². The molecule has 0 aliphatic heterocycles. The van der Waals surface area contributed by atoms with Crippen LogP contribution < -0.4 is 0 Å². The molecule has 1 rings (SSSR count). The highest BCUT2D eigenvalue weighted by molar-refractivity contribution is 5.97. The molecular formula is C15H23NO. The highest BCUT2D eigenvalue weighted by Gasteiger charge is 2.13. The molecule has 0 unspecified atom stereocenters. The van der Waals surface area contributed by atoms with Crippen LogP contribution >= 0.6 is 0 Å². The normalized spacial score (nSPS) is 12.4. The van der Waals surface area contributed by atoms with Crippen LogP contribution in [0.3, 0.4) is 0 Å². The minimum Gasteiger partial charge on any atom is -0.475 e. The van der Waals surface area contributed by atoms with E-state index < -0.39 is 0 Å². The van der Waals surface area contributed by atoms with E-state index in [1.165, 1.54) is 11.1 Å². The molecule has 0 amide bonds. The molecule has 0 bridgehead atoms. The molecule has 94 valence electrons. The van der Waals surface area contributed by atoms with Gasteiger partial charge in [0.15, 0.2) is 0 Å². The predicted octanol–water partition coefficient (Wildman–Crippen LogP) is 3.88. The second-order valence-corrected chi connectivity index (χ2v) is 4.96. The van der Waals surface area contributed by atoms with E-state index in [-0.39, 0.29) is 12.1 Å². The summed E-state index contributed by atoms with van der Waals surface area (Å²) in [5, 5.41) is 0. The van der Waals surface area contributed by atoms with Crippen LogP contribution in [0, 0.1) is 13.8 Å². The lowest BCUT2D eigenvalue weighted by molar-refractivity contribution is 0.227. The molecule has 0 fully saturated rings. The van der Waals surface area contributed by atoms with Crippen molar-refractivity contribution in [2.75, 3.05) is 0 Å². The van der Waals surface area contributed by atoms with Gasteiger partial charge in [-0.1, -0.05) is 18.2 Å². The fourth-order valence-corrected chi connectivity index (χ4v) is 1.76. The molecule has 0 aliphatic rings. The van der Waals surface area contributed by atoms with Crippen molar-refractivity contribution in [3.05, 3.63) is 34.9 Å². The maximum absolute atomic E-state index is 5.86. The number of benzene rings is 1. The van der Waals surface area contributed by atoms with E-state index in [0.717, 1.165) is 11.5 Å². The fourth-order valence-electron chi connectivity index (χ4n) is 1.76. The average Bonchev–Trinajstić information content (AvgIpc) is 2.14. The second kappa shape index (κ2) is 5.85. The van der Waals surface area contributed by atoms with Crippen LogP contribution in [-0.2, 0) is 4.74 Å². The van der Waals surface area contributed by atoms with Crippen molar-refractivity contribution in [3.63, 3.8) is 0 Å². The Morgan fingerprint density at radius 3 is 2.00 bits per heavy atom. The summed E-state index contributed by atoms with van der Waals surface area (Å²) in [4.78, 5) is 4.60. The zero-order chi connectivity index (χ0) is 13.0. The van der Waals surface area contributed by atoms with Crippen LogP contribution in [0.4, 0.5) is 0 Å². The molecule has 0 N–H and O–H groups in total. The van der Waals surface area contributed by atoms with E-state index in [4.69, 9.17) is 4.74 Å². The molecule has 17 heavy (non-hydrogen) atoms. The maximum Gasteiger partial charge on any atom is 0.217 e. The molecule has 0 atom stereocenters. The van der Waals surface area contributed by atoms with Gasteiger partial charge in [-0.15, -0.1) is 0 Å². The van der Waals surface area contributed by atoms with E-state index in [1.54, 1.807) is 0 Å². The van der Waals surface area contributed by atoms with E-state index in [0.29, 0.717) is 0 Å². The van der Waals surface area contributed by atoms with Crippen molar-refractivity contribution < 1.29 is 4.74 Å². The topological polar surface area (TPSA) is 21.6 Å². The Labute approximate surface area is 105 Å². The molecule has 1 aromatic rings. The van der Waals surface area contributed by atoms with Gasteiger partial charge in [0.05, 0.1) is 6.10 Å². The third kappa shape index (κ3) is 3.88. The molecular weight excluding hydrogens is 210 g/mol. The molecule has 0 aliphatic carbocycles. The Balaban J connectivity index is 3.22. The van der Waals surface area contributed by atoms with Crippen molar-refractivity contribution >= 4 is 5.90 Å². The third-order valence-corrected chi connectivity index (χ3v) is 2.42. The van der Waals surface area contributed by atoms with E-state index in [2.05, 4.69) is 50.9 Å². The van der Waals surface area contributed by atoms with E-state index in [1.807, 2.05) is 13.8 Å². The average molecular weight is 233 g/mol. The monoisotopic (exact) mass is 233 g/mol. The van der Waals surface area contributed by atoms with Crippen molar-refractivity contribution in [3.8, 4) is 0 Å². The summed E-state index contributed by atoms with van der Waals surface area (Å²) in [5.74, 6) is 0.769. The Kier molecular flexibility index (Phi) is 4.73. The number of nitrogens with zero attached hydrogens (tertiary/aromatic N) is 1. The first-order chi connectivity index (χ1) is 7.91. The van der Waals surface area contributed by atoms with Gasteiger partial charge in [-0.2, -0.15) is 0 Å². The molecule has 0 saturated carbocycles. The largest absolute Gasteiger partial charge is 0.475 e.